The Morgan fingerprint density at radius 2 is 2.24 bits per heavy atom. The van der Waals surface area contributed by atoms with Gasteiger partial charge in [0.25, 0.3) is 10.0 Å². The number of aromatic nitrogens is 1. The standard InChI is InChI=1S/C10H15N3O2S.ClH/c1-9-8-11-6-7-13(9)16(14,15)10-4-2-3-5-12-10;/h2-5,9,11H,6-8H2,1H3;1H. The highest BCUT2D eigenvalue weighted by molar-refractivity contribution is 7.89. The molecule has 7 heteroatoms. The molecular weight excluding hydrogens is 262 g/mol. The van der Waals surface area contributed by atoms with Crippen LogP contribution in [0.15, 0.2) is 29.4 Å². The van der Waals surface area contributed by atoms with Crippen LogP contribution in [0.5, 0.6) is 0 Å². The number of nitrogens with zero attached hydrogens (tertiary/aromatic N) is 2. The Kier molecular flexibility index (Phi) is 4.88. The van der Waals surface area contributed by atoms with E-state index in [1.165, 1.54) is 16.6 Å². The van der Waals surface area contributed by atoms with Crippen molar-refractivity contribution in [3.8, 4) is 0 Å². The van der Waals surface area contributed by atoms with E-state index in [1.807, 2.05) is 6.92 Å². The minimum absolute atomic E-state index is 0. The normalized spacial score (nSPS) is 21.8. The van der Waals surface area contributed by atoms with Gasteiger partial charge in [0.1, 0.15) is 0 Å². The minimum atomic E-state index is -3.43. The van der Waals surface area contributed by atoms with Crippen LogP contribution in [0.1, 0.15) is 6.92 Å². The van der Waals surface area contributed by atoms with E-state index in [4.69, 9.17) is 0 Å². The fourth-order valence-electron chi connectivity index (χ4n) is 1.80. The van der Waals surface area contributed by atoms with Gasteiger partial charge >= 0.3 is 0 Å². The van der Waals surface area contributed by atoms with Crippen molar-refractivity contribution in [3.63, 3.8) is 0 Å². The van der Waals surface area contributed by atoms with Crippen molar-refractivity contribution in [2.24, 2.45) is 0 Å². The summed E-state index contributed by atoms with van der Waals surface area (Å²) in [5, 5.41) is 3.29. The molecule has 5 nitrogen and oxygen atoms in total. The number of pyridine rings is 1. The van der Waals surface area contributed by atoms with Gasteiger partial charge in [0, 0.05) is 31.9 Å². The van der Waals surface area contributed by atoms with Crippen LogP contribution < -0.4 is 5.32 Å². The van der Waals surface area contributed by atoms with Crippen molar-refractivity contribution in [1.82, 2.24) is 14.6 Å². The SMILES string of the molecule is CC1CNCCN1S(=O)(=O)c1ccccn1.Cl. The number of halogens is 1. The molecule has 1 aromatic heterocycles. The average molecular weight is 278 g/mol. The highest BCUT2D eigenvalue weighted by Crippen LogP contribution is 2.16. The van der Waals surface area contributed by atoms with E-state index in [9.17, 15) is 8.42 Å². The molecule has 17 heavy (non-hydrogen) atoms. The van der Waals surface area contributed by atoms with E-state index in [0.29, 0.717) is 19.6 Å². The van der Waals surface area contributed by atoms with Gasteiger partial charge in [-0.1, -0.05) is 6.07 Å². The molecule has 0 radical (unpaired) electrons. The zero-order chi connectivity index (χ0) is 11.6. The predicted octanol–water partition coefficient (Wildman–Crippen LogP) is 0.486. The van der Waals surface area contributed by atoms with Gasteiger partial charge < -0.3 is 5.32 Å². The summed E-state index contributed by atoms with van der Waals surface area (Å²) < 4.78 is 26.0. The second-order valence-corrected chi connectivity index (χ2v) is 5.67. The maximum atomic E-state index is 12.2. The molecule has 1 fully saturated rings. The van der Waals surface area contributed by atoms with Crippen molar-refractivity contribution >= 4 is 22.4 Å². The Hall–Kier alpha value is -0.690. The van der Waals surface area contributed by atoms with E-state index in [1.54, 1.807) is 12.1 Å². The second-order valence-electron chi connectivity index (χ2n) is 3.84. The predicted molar refractivity (Wildman–Crippen MR) is 67.7 cm³/mol. The Morgan fingerprint density at radius 3 is 2.82 bits per heavy atom. The van der Waals surface area contributed by atoms with Gasteiger partial charge in [-0.3, -0.25) is 0 Å². The van der Waals surface area contributed by atoms with Crippen molar-refractivity contribution in [3.05, 3.63) is 24.4 Å². The molecule has 2 heterocycles. The summed E-state index contributed by atoms with van der Waals surface area (Å²) in [5.74, 6) is 0. The average Bonchev–Trinajstić information content (AvgIpc) is 2.30. The first-order chi connectivity index (χ1) is 7.62. The highest BCUT2D eigenvalue weighted by atomic mass is 35.5. The molecule has 96 valence electrons. The van der Waals surface area contributed by atoms with Crippen LogP contribution in [-0.4, -0.2) is 43.4 Å². The second kappa shape index (κ2) is 5.77. The fourth-order valence-corrected chi connectivity index (χ4v) is 3.36. The van der Waals surface area contributed by atoms with Crippen LogP contribution in [0.3, 0.4) is 0 Å². The lowest BCUT2D eigenvalue weighted by molar-refractivity contribution is 0.283. The van der Waals surface area contributed by atoms with Crippen LogP contribution in [0.25, 0.3) is 0 Å². The highest BCUT2D eigenvalue weighted by Gasteiger charge is 2.31. The van der Waals surface area contributed by atoms with Gasteiger partial charge in [-0.2, -0.15) is 4.31 Å². The van der Waals surface area contributed by atoms with E-state index < -0.39 is 10.0 Å². The largest absolute Gasteiger partial charge is 0.314 e. The summed E-state index contributed by atoms with van der Waals surface area (Å²) >= 11 is 0. The zero-order valence-electron chi connectivity index (χ0n) is 9.54. The van der Waals surface area contributed by atoms with Gasteiger partial charge in [-0.15, -0.1) is 12.4 Å². The summed E-state index contributed by atoms with van der Waals surface area (Å²) in [4.78, 5) is 3.91. The zero-order valence-corrected chi connectivity index (χ0v) is 11.2. The Bertz CT molecular complexity index is 452. The molecule has 0 saturated carbocycles. The molecule has 1 saturated heterocycles. The third kappa shape index (κ3) is 2.95. The topological polar surface area (TPSA) is 62.3 Å². The lowest BCUT2D eigenvalue weighted by Gasteiger charge is -2.32. The first-order valence-electron chi connectivity index (χ1n) is 5.26. The molecule has 1 aliphatic rings. The third-order valence-corrected chi connectivity index (χ3v) is 4.58. The molecule has 1 unspecified atom stereocenters. The first kappa shape index (κ1) is 14.4. The summed E-state index contributed by atoms with van der Waals surface area (Å²) in [7, 11) is -3.43. The molecule has 2 rings (SSSR count). The van der Waals surface area contributed by atoms with Crippen molar-refractivity contribution in [2.45, 2.75) is 18.0 Å². The minimum Gasteiger partial charge on any atom is -0.314 e. The smallest absolute Gasteiger partial charge is 0.260 e. The summed E-state index contributed by atoms with van der Waals surface area (Å²) in [6.45, 7) is 3.77. The van der Waals surface area contributed by atoms with Crippen LogP contribution in [-0.2, 0) is 10.0 Å². The number of rotatable bonds is 2. The first-order valence-corrected chi connectivity index (χ1v) is 6.70. The molecule has 0 amide bonds. The van der Waals surface area contributed by atoms with Gasteiger partial charge in [0.2, 0.25) is 0 Å². The van der Waals surface area contributed by atoms with Gasteiger partial charge in [0.15, 0.2) is 5.03 Å². The molecule has 0 aliphatic carbocycles. The number of nitrogens with one attached hydrogen (secondary N) is 1. The van der Waals surface area contributed by atoms with Gasteiger partial charge in [0.05, 0.1) is 0 Å². The van der Waals surface area contributed by atoms with Crippen molar-refractivity contribution in [2.75, 3.05) is 19.6 Å². The number of sulfonamides is 1. The fraction of sp³-hybridized carbons (Fsp3) is 0.500. The molecule has 1 aromatic rings. The maximum absolute atomic E-state index is 12.2. The molecular formula is C10H16ClN3O2S. The Balaban J connectivity index is 0.00000144. The summed E-state index contributed by atoms with van der Waals surface area (Å²) in [6, 6.07) is 4.90. The molecule has 0 aromatic carbocycles. The van der Waals surface area contributed by atoms with Crippen molar-refractivity contribution in [1.29, 1.82) is 0 Å². The molecule has 0 bridgehead atoms. The molecule has 1 aliphatic heterocycles. The van der Waals surface area contributed by atoms with Crippen LogP contribution >= 0.6 is 12.4 Å². The van der Waals surface area contributed by atoms with E-state index in [-0.39, 0.29) is 23.5 Å². The lowest BCUT2D eigenvalue weighted by atomic mass is 10.3. The van der Waals surface area contributed by atoms with Crippen LogP contribution in [0.4, 0.5) is 0 Å². The van der Waals surface area contributed by atoms with Crippen LogP contribution in [0, 0.1) is 0 Å². The Morgan fingerprint density at radius 1 is 1.47 bits per heavy atom. The van der Waals surface area contributed by atoms with E-state index in [0.717, 1.165) is 0 Å². The summed E-state index contributed by atoms with van der Waals surface area (Å²) in [5.41, 5.74) is 0. The quantitative estimate of drug-likeness (QED) is 0.854. The van der Waals surface area contributed by atoms with Crippen molar-refractivity contribution < 1.29 is 8.42 Å². The molecule has 0 spiro atoms. The summed E-state index contributed by atoms with van der Waals surface area (Å²) in [6.07, 6.45) is 1.50. The van der Waals surface area contributed by atoms with Gasteiger partial charge in [-0.05, 0) is 19.1 Å². The monoisotopic (exact) mass is 277 g/mol. The number of hydrogen-bond acceptors (Lipinski definition) is 4. The Labute approximate surface area is 108 Å². The van der Waals surface area contributed by atoms with Crippen LogP contribution in [0.2, 0.25) is 0 Å². The van der Waals surface area contributed by atoms with Gasteiger partial charge in [-0.25, -0.2) is 13.4 Å². The van der Waals surface area contributed by atoms with E-state index in [2.05, 4.69) is 10.3 Å². The third-order valence-electron chi connectivity index (χ3n) is 2.65. The molecule has 1 atom stereocenters. The van der Waals surface area contributed by atoms with E-state index >= 15 is 0 Å². The maximum Gasteiger partial charge on any atom is 0.260 e. The molecule has 1 N–H and O–H groups in total. The number of piperazine rings is 1. The number of hydrogen-bond donors (Lipinski definition) is 1. The lowest BCUT2D eigenvalue weighted by Crippen LogP contribution is -2.52.